The molecule has 1 amide bonds. The molecule has 8 heteroatoms. The van der Waals surface area contributed by atoms with Gasteiger partial charge < -0.3 is 10.1 Å². The molecule has 7 nitrogen and oxygen atoms in total. The number of nitrogens with zero attached hydrogens (tertiary/aromatic N) is 1. The topological polar surface area (TPSA) is 92.8 Å². The Morgan fingerprint density at radius 1 is 1.21 bits per heavy atom. The molecule has 1 N–H and O–H groups in total. The normalized spacial score (nSPS) is 11.6. The predicted molar refractivity (Wildman–Crippen MR) is 91.0 cm³/mol. The van der Waals surface area contributed by atoms with Crippen LogP contribution in [0.25, 0.3) is 0 Å². The third kappa shape index (κ3) is 5.31. The maximum Gasteiger partial charge on any atom is 0.308 e. The fourth-order valence-electron chi connectivity index (χ4n) is 1.95. The van der Waals surface area contributed by atoms with E-state index < -0.39 is 28.5 Å². The van der Waals surface area contributed by atoms with Crippen molar-refractivity contribution in [2.24, 2.45) is 5.92 Å². The Hall–Kier alpha value is -1.93. The van der Waals surface area contributed by atoms with E-state index in [1.54, 1.807) is 39.8 Å². The molecular weight excluding hydrogens is 332 g/mol. The Kier molecular flexibility index (Phi) is 7.37. The number of amides is 1. The molecule has 24 heavy (non-hydrogen) atoms. The van der Waals surface area contributed by atoms with E-state index in [-0.39, 0.29) is 10.8 Å². The van der Waals surface area contributed by atoms with Crippen LogP contribution < -0.4 is 5.32 Å². The van der Waals surface area contributed by atoms with Crippen molar-refractivity contribution in [3.05, 3.63) is 24.3 Å². The molecule has 1 rings (SSSR count). The van der Waals surface area contributed by atoms with E-state index in [1.165, 1.54) is 16.4 Å². The van der Waals surface area contributed by atoms with Crippen LogP contribution in [0.15, 0.2) is 29.2 Å². The maximum atomic E-state index is 12.5. The number of sulfonamides is 1. The first-order valence-corrected chi connectivity index (χ1v) is 9.23. The van der Waals surface area contributed by atoms with Crippen LogP contribution in [0.5, 0.6) is 0 Å². The number of carbonyl (C=O) groups excluding carboxylic acids is 2. The highest BCUT2D eigenvalue weighted by Crippen LogP contribution is 2.19. The second kappa shape index (κ2) is 8.79. The summed E-state index contributed by atoms with van der Waals surface area (Å²) in [7, 11) is -3.60. The first-order chi connectivity index (χ1) is 11.2. The SMILES string of the molecule is CCN(CC)S(=O)(=O)c1cccc(NC(=O)COC(=O)C(C)C)c1. The number of ether oxygens (including phenoxy) is 1. The van der Waals surface area contributed by atoms with E-state index in [2.05, 4.69) is 5.32 Å². The van der Waals surface area contributed by atoms with Gasteiger partial charge in [0.1, 0.15) is 0 Å². The smallest absolute Gasteiger partial charge is 0.308 e. The minimum Gasteiger partial charge on any atom is -0.455 e. The number of nitrogens with one attached hydrogen (secondary N) is 1. The van der Waals surface area contributed by atoms with Gasteiger partial charge >= 0.3 is 5.97 Å². The number of esters is 1. The molecule has 0 heterocycles. The third-order valence-electron chi connectivity index (χ3n) is 3.28. The summed E-state index contributed by atoms with van der Waals surface area (Å²) in [5.74, 6) is -1.32. The standard InChI is InChI=1S/C16H24N2O5S/c1-5-18(6-2)24(21,22)14-9-7-8-13(10-14)17-15(19)11-23-16(20)12(3)4/h7-10,12H,5-6,11H2,1-4H3,(H,17,19). The molecule has 0 aliphatic heterocycles. The van der Waals surface area contributed by atoms with Gasteiger partial charge in [0.25, 0.3) is 5.91 Å². The van der Waals surface area contributed by atoms with Crippen molar-refractivity contribution in [1.82, 2.24) is 4.31 Å². The lowest BCUT2D eigenvalue weighted by atomic mass is 10.2. The lowest BCUT2D eigenvalue weighted by molar-refractivity contribution is -0.150. The van der Waals surface area contributed by atoms with Gasteiger partial charge in [0.15, 0.2) is 6.61 Å². The van der Waals surface area contributed by atoms with Crippen LogP contribution >= 0.6 is 0 Å². The van der Waals surface area contributed by atoms with Crippen molar-refractivity contribution < 1.29 is 22.7 Å². The Labute approximate surface area is 143 Å². The monoisotopic (exact) mass is 356 g/mol. The van der Waals surface area contributed by atoms with Crippen LogP contribution in [-0.2, 0) is 24.3 Å². The summed E-state index contributed by atoms with van der Waals surface area (Å²) in [6.45, 7) is 7.17. The Balaban J connectivity index is 2.82. The Morgan fingerprint density at radius 2 is 1.83 bits per heavy atom. The molecule has 1 aromatic carbocycles. The number of anilines is 1. The van der Waals surface area contributed by atoms with E-state index in [9.17, 15) is 18.0 Å². The van der Waals surface area contributed by atoms with Crippen LogP contribution in [0.2, 0.25) is 0 Å². The van der Waals surface area contributed by atoms with E-state index >= 15 is 0 Å². The van der Waals surface area contributed by atoms with Gasteiger partial charge in [0, 0.05) is 18.8 Å². The molecule has 0 unspecified atom stereocenters. The third-order valence-corrected chi connectivity index (χ3v) is 5.32. The number of rotatable bonds is 8. The summed E-state index contributed by atoms with van der Waals surface area (Å²) in [5, 5.41) is 2.52. The van der Waals surface area contributed by atoms with E-state index in [1.807, 2.05) is 0 Å². The molecule has 0 saturated heterocycles. The fraction of sp³-hybridized carbons (Fsp3) is 0.500. The van der Waals surface area contributed by atoms with E-state index in [0.717, 1.165) is 0 Å². The highest BCUT2D eigenvalue weighted by molar-refractivity contribution is 7.89. The van der Waals surface area contributed by atoms with Gasteiger partial charge in [0.2, 0.25) is 10.0 Å². The van der Waals surface area contributed by atoms with Crippen LogP contribution in [0, 0.1) is 5.92 Å². The number of hydrogen-bond acceptors (Lipinski definition) is 5. The van der Waals surface area contributed by atoms with Gasteiger partial charge in [-0.3, -0.25) is 9.59 Å². The summed E-state index contributed by atoms with van der Waals surface area (Å²) >= 11 is 0. The van der Waals surface area contributed by atoms with Crippen molar-refractivity contribution in [1.29, 1.82) is 0 Å². The van der Waals surface area contributed by atoms with E-state index in [4.69, 9.17) is 4.74 Å². The highest BCUT2D eigenvalue weighted by Gasteiger charge is 2.22. The second-order valence-corrected chi connectivity index (χ2v) is 7.37. The molecule has 0 aromatic heterocycles. The average Bonchev–Trinajstić information content (AvgIpc) is 2.53. The number of benzene rings is 1. The van der Waals surface area contributed by atoms with E-state index in [0.29, 0.717) is 18.8 Å². The van der Waals surface area contributed by atoms with Gasteiger partial charge in [-0.2, -0.15) is 4.31 Å². The number of hydrogen-bond donors (Lipinski definition) is 1. The average molecular weight is 356 g/mol. The zero-order valence-electron chi connectivity index (χ0n) is 14.4. The molecular formula is C16H24N2O5S. The molecule has 0 saturated carbocycles. The predicted octanol–water partition coefficient (Wildman–Crippen LogP) is 1.85. The summed E-state index contributed by atoms with van der Waals surface area (Å²) in [6.07, 6.45) is 0. The fourth-order valence-corrected chi connectivity index (χ4v) is 3.45. The maximum absolute atomic E-state index is 12.5. The van der Waals surface area contributed by atoms with Gasteiger partial charge in [-0.15, -0.1) is 0 Å². The molecule has 0 atom stereocenters. The Morgan fingerprint density at radius 3 is 2.38 bits per heavy atom. The largest absolute Gasteiger partial charge is 0.455 e. The number of carbonyl (C=O) groups is 2. The van der Waals surface area contributed by atoms with Gasteiger partial charge in [-0.1, -0.05) is 33.8 Å². The molecule has 0 aliphatic rings. The van der Waals surface area contributed by atoms with Crippen molar-refractivity contribution in [2.45, 2.75) is 32.6 Å². The molecule has 0 aliphatic carbocycles. The van der Waals surface area contributed by atoms with Gasteiger partial charge in [-0.05, 0) is 18.2 Å². The zero-order valence-corrected chi connectivity index (χ0v) is 15.2. The lowest BCUT2D eigenvalue weighted by Crippen LogP contribution is -2.30. The van der Waals surface area contributed by atoms with Gasteiger partial charge in [-0.25, -0.2) is 8.42 Å². The van der Waals surface area contributed by atoms with Crippen LogP contribution in [0.4, 0.5) is 5.69 Å². The zero-order chi connectivity index (χ0) is 18.3. The van der Waals surface area contributed by atoms with Crippen LogP contribution in [0.3, 0.4) is 0 Å². The quantitative estimate of drug-likeness (QED) is 0.718. The van der Waals surface area contributed by atoms with Crippen LogP contribution in [-0.4, -0.2) is 44.3 Å². The summed E-state index contributed by atoms with van der Waals surface area (Å²) in [4.78, 5) is 23.2. The first-order valence-electron chi connectivity index (χ1n) is 7.79. The van der Waals surface area contributed by atoms with Crippen molar-refractivity contribution in [3.8, 4) is 0 Å². The molecule has 0 fully saturated rings. The minimum atomic E-state index is -3.60. The molecule has 134 valence electrons. The molecule has 0 radical (unpaired) electrons. The highest BCUT2D eigenvalue weighted by atomic mass is 32.2. The van der Waals surface area contributed by atoms with Crippen molar-refractivity contribution in [2.75, 3.05) is 25.0 Å². The van der Waals surface area contributed by atoms with Crippen molar-refractivity contribution in [3.63, 3.8) is 0 Å². The molecule has 1 aromatic rings. The first kappa shape index (κ1) is 20.1. The minimum absolute atomic E-state index is 0.100. The summed E-state index contributed by atoms with van der Waals surface area (Å²) < 4.78 is 31.1. The van der Waals surface area contributed by atoms with Crippen molar-refractivity contribution >= 4 is 27.6 Å². The molecule has 0 bridgehead atoms. The Bertz CT molecular complexity index is 681. The summed E-state index contributed by atoms with van der Waals surface area (Å²) in [6, 6.07) is 5.98. The van der Waals surface area contributed by atoms with Crippen LogP contribution in [0.1, 0.15) is 27.7 Å². The second-order valence-electron chi connectivity index (χ2n) is 5.43. The summed E-state index contributed by atoms with van der Waals surface area (Å²) in [5.41, 5.74) is 0.328. The lowest BCUT2D eigenvalue weighted by Gasteiger charge is -2.18. The molecule has 0 spiro atoms. The van der Waals surface area contributed by atoms with Gasteiger partial charge in [0.05, 0.1) is 10.8 Å².